The molecule has 3 aromatic rings. The molecular weight excluding hydrogens is 377 g/mol. The minimum absolute atomic E-state index is 0.276. The van der Waals surface area contributed by atoms with Crippen molar-refractivity contribution in [2.75, 3.05) is 18.0 Å². The number of nitrogens with two attached hydrogens (primary N) is 1. The summed E-state index contributed by atoms with van der Waals surface area (Å²) in [7, 11) is 0. The molecule has 2 aromatic carbocycles. The van der Waals surface area contributed by atoms with E-state index in [2.05, 4.69) is 4.98 Å². The molecule has 0 radical (unpaired) electrons. The van der Waals surface area contributed by atoms with Crippen LogP contribution in [0, 0.1) is 11.6 Å². The topological polar surface area (TPSA) is 47.1 Å². The van der Waals surface area contributed by atoms with Gasteiger partial charge in [-0.2, -0.15) is 0 Å². The highest BCUT2D eigenvalue weighted by Crippen LogP contribution is 2.29. The first-order chi connectivity index (χ1) is 12.9. The Morgan fingerprint density at radius 1 is 1.19 bits per heavy atom. The zero-order chi connectivity index (χ0) is 19.1. The lowest BCUT2D eigenvalue weighted by atomic mass is 10.1. The average Bonchev–Trinajstić information content (AvgIpc) is 2.97. The van der Waals surface area contributed by atoms with Gasteiger partial charge in [0.25, 0.3) is 0 Å². The Labute approximate surface area is 159 Å². The maximum absolute atomic E-state index is 13.9. The van der Waals surface area contributed by atoms with Crippen molar-refractivity contribution in [1.82, 2.24) is 9.55 Å². The van der Waals surface area contributed by atoms with Gasteiger partial charge in [-0.05, 0) is 18.1 Å². The van der Waals surface area contributed by atoms with Gasteiger partial charge in [-0.15, -0.1) is 0 Å². The zero-order valence-electron chi connectivity index (χ0n) is 14.4. The quantitative estimate of drug-likeness (QED) is 0.733. The third-order valence-corrected chi connectivity index (χ3v) is 5.28. The average molecular weight is 395 g/mol. The number of halogens is 4. The highest BCUT2D eigenvalue weighted by molar-refractivity contribution is 6.31. The van der Waals surface area contributed by atoms with Gasteiger partial charge < -0.3 is 15.2 Å². The van der Waals surface area contributed by atoms with Crippen LogP contribution in [-0.2, 0) is 6.54 Å². The van der Waals surface area contributed by atoms with Gasteiger partial charge >= 0.3 is 0 Å². The van der Waals surface area contributed by atoms with Gasteiger partial charge in [-0.1, -0.05) is 29.8 Å². The van der Waals surface area contributed by atoms with Gasteiger partial charge in [-0.25, -0.2) is 18.2 Å². The highest BCUT2D eigenvalue weighted by Gasteiger charge is 2.29. The predicted molar refractivity (Wildman–Crippen MR) is 99.9 cm³/mol. The fourth-order valence-corrected chi connectivity index (χ4v) is 3.63. The second kappa shape index (κ2) is 7.05. The van der Waals surface area contributed by atoms with Crippen LogP contribution in [0.3, 0.4) is 0 Å². The van der Waals surface area contributed by atoms with Crippen molar-refractivity contribution in [3.05, 3.63) is 58.6 Å². The van der Waals surface area contributed by atoms with Crippen molar-refractivity contribution < 1.29 is 13.2 Å². The van der Waals surface area contributed by atoms with E-state index in [4.69, 9.17) is 17.3 Å². The van der Waals surface area contributed by atoms with Crippen LogP contribution >= 0.6 is 11.6 Å². The van der Waals surface area contributed by atoms with E-state index in [-0.39, 0.29) is 13.0 Å². The smallest absolute Gasteiger partial charge is 0.206 e. The highest BCUT2D eigenvalue weighted by atomic mass is 35.5. The first-order valence-electron chi connectivity index (χ1n) is 8.67. The van der Waals surface area contributed by atoms with Gasteiger partial charge in [0, 0.05) is 30.2 Å². The van der Waals surface area contributed by atoms with E-state index in [0.717, 1.165) is 17.7 Å². The molecule has 0 amide bonds. The third-order valence-electron chi connectivity index (χ3n) is 4.91. The fraction of sp³-hybridized carbons (Fsp3) is 0.316. The number of piperidine rings is 1. The predicted octanol–water partition coefficient (Wildman–Crippen LogP) is 3.89. The van der Waals surface area contributed by atoms with Gasteiger partial charge in [0.15, 0.2) is 11.6 Å². The number of nitrogens with zero attached hydrogens (tertiary/aromatic N) is 3. The number of rotatable bonds is 3. The third kappa shape index (κ3) is 3.37. The summed E-state index contributed by atoms with van der Waals surface area (Å²) >= 11 is 6.28. The van der Waals surface area contributed by atoms with E-state index >= 15 is 0 Å². The Bertz CT molecular complexity index is 990. The van der Waals surface area contributed by atoms with Gasteiger partial charge in [0.1, 0.15) is 6.17 Å². The maximum atomic E-state index is 13.9. The summed E-state index contributed by atoms with van der Waals surface area (Å²) in [6.45, 7) is 1.02. The number of benzene rings is 2. The molecule has 1 aromatic heterocycles. The van der Waals surface area contributed by atoms with Crippen molar-refractivity contribution in [3.8, 4) is 0 Å². The van der Waals surface area contributed by atoms with Crippen LogP contribution in [0.2, 0.25) is 5.02 Å². The van der Waals surface area contributed by atoms with Crippen LogP contribution in [0.4, 0.5) is 19.1 Å². The van der Waals surface area contributed by atoms with E-state index in [1.54, 1.807) is 10.6 Å². The standard InChI is InChI=1S/C19H18ClF3N4/c20-12-4-2-1-3-11(12)9-27-18-8-15(23)14(22)7-17(18)25-19(27)26-6-5-13(21)16(24)10-26/h1-4,7-8,13,16H,5-6,9-10,24H2/t13?,16-/m1/s1. The fourth-order valence-electron chi connectivity index (χ4n) is 3.44. The number of anilines is 1. The summed E-state index contributed by atoms with van der Waals surface area (Å²) in [6.07, 6.45) is -0.795. The van der Waals surface area contributed by atoms with Crippen LogP contribution in [0.15, 0.2) is 36.4 Å². The summed E-state index contributed by atoms with van der Waals surface area (Å²) in [5.74, 6) is -1.42. The van der Waals surface area contributed by atoms with Gasteiger partial charge in [0.2, 0.25) is 5.95 Å². The van der Waals surface area contributed by atoms with E-state index in [0.29, 0.717) is 35.1 Å². The molecule has 0 saturated carbocycles. The molecule has 4 nitrogen and oxygen atoms in total. The molecule has 1 aliphatic rings. The molecule has 4 rings (SSSR count). The minimum Gasteiger partial charge on any atom is -0.340 e. The molecule has 0 bridgehead atoms. The van der Waals surface area contributed by atoms with Crippen LogP contribution in [0.5, 0.6) is 0 Å². The molecule has 1 fully saturated rings. The number of fused-ring (bicyclic) bond motifs is 1. The monoisotopic (exact) mass is 394 g/mol. The van der Waals surface area contributed by atoms with Crippen molar-refractivity contribution >= 4 is 28.6 Å². The second-order valence-electron chi connectivity index (χ2n) is 6.76. The number of hydrogen-bond acceptors (Lipinski definition) is 3. The first kappa shape index (κ1) is 18.1. The van der Waals surface area contributed by atoms with Crippen LogP contribution < -0.4 is 10.6 Å². The molecule has 1 saturated heterocycles. The lowest BCUT2D eigenvalue weighted by Gasteiger charge is -2.34. The SMILES string of the molecule is N[C@@H]1CN(c2nc3cc(F)c(F)cc3n2Cc2ccccc2Cl)CCC1F. The second-order valence-corrected chi connectivity index (χ2v) is 7.17. The maximum Gasteiger partial charge on any atom is 0.206 e. The Morgan fingerprint density at radius 2 is 1.93 bits per heavy atom. The normalized spacial score (nSPS) is 20.4. The van der Waals surface area contributed by atoms with Gasteiger partial charge in [0.05, 0.1) is 23.6 Å². The molecule has 2 heterocycles. The van der Waals surface area contributed by atoms with Crippen molar-refractivity contribution in [2.45, 2.75) is 25.2 Å². The lowest BCUT2D eigenvalue weighted by Crippen LogP contribution is -2.50. The minimum atomic E-state index is -1.07. The van der Waals surface area contributed by atoms with Crippen LogP contribution in [0.25, 0.3) is 11.0 Å². The molecule has 0 aliphatic carbocycles. The molecule has 0 spiro atoms. The number of hydrogen-bond donors (Lipinski definition) is 1. The first-order valence-corrected chi connectivity index (χ1v) is 9.05. The summed E-state index contributed by atoms with van der Waals surface area (Å²) in [5.41, 5.74) is 7.46. The number of imidazole rings is 1. The van der Waals surface area contributed by atoms with E-state index in [1.807, 2.05) is 23.1 Å². The summed E-state index contributed by atoms with van der Waals surface area (Å²) < 4.78 is 43.1. The summed E-state index contributed by atoms with van der Waals surface area (Å²) in [5, 5.41) is 0.562. The Hall–Kier alpha value is -2.25. The van der Waals surface area contributed by atoms with Crippen molar-refractivity contribution in [3.63, 3.8) is 0 Å². The van der Waals surface area contributed by atoms with E-state index in [1.165, 1.54) is 0 Å². The van der Waals surface area contributed by atoms with Crippen molar-refractivity contribution in [2.24, 2.45) is 5.73 Å². The molecule has 8 heteroatoms. The Kier molecular flexibility index (Phi) is 4.74. The molecule has 142 valence electrons. The lowest BCUT2D eigenvalue weighted by molar-refractivity contribution is 0.243. The Morgan fingerprint density at radius 3 is 2.67 bits per heavy atom. The van der Waals surface area contributed by atoms with Crippen LogP contribution in [0.1, 0.15) is 12.0 Å². The number of alkyl halides is 1. The summed E-state index contributed by atoms with van der Waals surface area (Å²) in [4.78, 5) is 6.34. The molecule has 27 heavy (non-hydrogen) atoms. The molecule has 1 aliphatic heterocycles. The van der Waals surface area contributed by atoms with Crippen molar-refractivity contribution in [1.29, 1.82) is 0 Å². The zero-order valence-corrected chi connectivity index (χ0v) is 15.1. The van der Waals surface area contributed by atoms with Crippen LogP contribution in [-0.4, -0.2) is 34.9 Å². The molecule has 1 unspecified atom stereocenters. The Balaban J connectivity index is 1.83. The molecule has 2 atom stereocenters. The summed E-state index contributed by atoms with van der Waals surface area (Å²) in [6, 6.07) is 8.85. The number of aromatic nitrogens is 2. The molecule has 2 N–H and O–H groups in total. The van der Waals surface area contributed by atoms with E-state index in [9.17, 15) is 13.2 Å². The largest absolute Gasteiger partial charge is 0.340 e. The van der Waals surface area contributed by atoms with Gasteiger partial charge in [-0.3, -0.25) is 0 Å². The van der Waals surface area contributed by atoms with E-state index < -0.39 is 23.8 Å². The molecular formula is C19H18ClF3N4.